The van der Waals surface area contributed by atoms with E-state index >= 15 is 0 Å². The van der Waals surface area contributed by atoms with Crippen molar-refractivity contribution in [1.29, 1.82) is 0 Å². The van der Waals surface area contributed by atoms with E-state index in [0.29, 0.717) is 5.56 Å². The monoisotopic (exact) mass is 465 g/mol. The van der Waals surface area contributed by atoms with Gasteiger partial charge in [-0.15, -0.1) is 0 Å². The smallest absolute Gasteiger partial charge is 0.428 e. The van der Waals surface area contributed by atoms with Crippen molar-refractivity contribution in [2.75, 3.05) is 7.11 Å². The van der Waals surface area contributed by atoms with Crippen LogP contribution in [-0.4, -0.2) is 19.3 Å². The summed E-state index contributed by atoms with van der Waals surface area (Å²) in [7, 11) is 1.21. The lowest BCUT2D eigenvalue weighted by Gasteiger charge is -2.28. The van der Waals surface area contributed by atoms with Crippen LogP contribution in [0.1, 0.15) is 27.0 Å². The number of esters is 1. The fourth-order valence-electron chi connectivity index (χ4n) is 2.96. The zero-order valence-corrected chi connectivity index (χ0v) is 17.2. The molecule has 2 aromatic rings. The van der Waals surface area contributed by atoms with Gasteiger partial charge in [-0.2, -0.15) is 13.2 Å². The molecule has 0 fully saturated rings. The van der Waals surface area contributed by atoms with Gasteiger partial charge in [0, 0.05) is 21.2 Å². The molecule has 1 aliphatic heterocycles. The third-order valence-corrected chi connectivity index (χ3v) is 5.14. The van der Waals surface area contributed by atoms with E-state index in [4.69, 9.17) is 39.6 Å². The second-order valence-corrected chi connectivity index (χ2v) is 7.57. The van der Waals surface area contributed by atoms with Gasteiger partial charge < -0.3 is 4.74 Å². The van der Waals surface area contributed by atoms with Gasteiger partial charge in [0.25, 0.3) is 0 Å². The Kier molecular flexibility index (Phi) is 5.80. The number of benzene rings is 2. The Morgan fingerprint density at radius 1 is 1.10 bits per heavy atom. The molecule has 1 unspecified atom stereocenters. The minimum Gasteiger partial charge on any atom is -0.465 e. The fraction of sp³-hybridized carbons (Fsp3) is 0.211. The van der Waals surface area contributed by atoms with Crippen LogP contribution in [0.15, 0.2) is 36.4 Å². The first kappa shape index (κ1) is 21.8. The first-order chi connectivity index (χ1) is 13.5. The predicted octanol–water partition coefficient (Wildman–Crippen LogP) is 6.08. The average Bonchev–Trinajstić information content (AvgIpc) is 3.08. The van der Waals surface area contributed by atoms with Gasteiger partial charge in [0.15, 0.2) is 0 Å². The van der Waals surface area contributed by atoms with Gasteiger partial charge in [0.1, 0.15) is 0 Å². The van der Waals surface area contributed by atoms with Crippen LogP contribution in [0.4, 0.5) is 13.2 Å². The summed E-state index contributed by atoms with van der Waals surface area (Å²) in [5.74, 6) is -0.612. The lowest BCUT2D eigenvalue weighted by atomic mass is 9.91. The number of hydroxylamine groups is 1. The Hall–Kier alpha value is -1.93. The highest BCUT2D eigenvalue weighted by molar-refractivity contribution is 6.34. The van der Waals surface area contributed by atoms with Gasteiger partial charge in [-0.05, 0) is 48.9 Å². The van der Waals surface area contributed by atoms with E-state index in [9.17, 15) is 18.0 Å². The summed E-state index contributed by atoms with van der Waals surface area (Å²) in [5, 5.41) is 0.0937. The minimum atomic E-state index is -4.84. The number of alkyl halides is 3. The van der Waals surface area contributed by atoms with Crippen molar-refractivity contribution in [2.45, 2.75) is 18.7 Å². The van der Waals surface area contributed by atoms with Crippen LogP contribution in [-0.2, 0) is 15.2 Å². The third kappa shape index (κ3) is 3.92. The number of rotatable bonds is 3. The first-order valence-electron chi connectivity index (χ1n) is 8.07. The number of halogens is 6. The standard InChI is InChI=1S/C19H13Cl3F3NO3/c1-9-3-14(15(22)7-13(9)17(27)28-2)16-8-18(29-26-16,19(23,24)25)10-4-11(20)6-12(21)5-10/h3-8,26H,1-2H3. The van der Waals surface area contributed by atoms with Gasteiger partial charge in [-0.1, -0.05) is 34.8 Å². The van der Waals surface area contributed by atoms with Crippen LogP contribution >= 0.6 is 34.8 Å². The summed E-state index contributed by atoms with van der Waals surface area (Å²) >= 11 is 18.0. The number of hydrogen-bond acceptors (Lipinski definition) is 4. The second kappa shape index (κ2) is 7.72. The van der Waals surface area contributed by atoms with E-state index in [1.807, 2.05) is 0 Å². The fourth-order valence-corrected chi connectivity index (χ4v) is 3.75. The molecule has 0 aromatic heterocycles. The topological polar surface area (TPSA) is 47.6 Å². The Morgan fingerprint density at radius 2 is 1.72 bits per heavy atom. The Labute approximate surface area is 179 Å². The van der Waals surface area contributed by atoms with Crippen LogP contribution in [0.2, 0.25) is 15.1 Å². The maximum Gasteiger partial charge on any atom is 0.428 e. The SMILES string of the molecule is COC(=O)c1cc(Cl)c(C2=CC(c3cc(Cl)cc(Cl)c3)(C(F)(F)F)ON2)cc1C. The van der Waals surface area contributed by atoms with E-state index in [1.165, 1.54) is 25.3 Å². The Morgan fingerprint density at radius 3 is 2.28 bits per heavy atom. The number of hydrogen-bond donors (Lipinski definition) is 1. The minimum absolute atomic E-state index is 0.0251. The van der Waals surface area contributed by atoms with Crippen LogP contribution in [0.5, 0.6) is 0 Å². The molecule has 1 heterocycles. The Bertz CT molecular complexity index is 1000. The highest BCUT2D eigenvalue weighted by Gasteiger charge is 2.59. The van der Waals surface area contributed by atoms with Crippen molar-refractivity contribution in [3.05, 3.63) is 73.7 Å². The van der Waals surface area contributed by atoms with Crippen molar-refractivity contribution < 1.29 is 27.5 Å². The summed E-state index contributed by atoms with van der Waals surface area (Å²) in [6, 6.07) is 6.35. The lowest BCUT2D eigenvalue weighted by Crippen LogP contribution is -2.42. The predicted molar refractivity (Wildman–Crippen MR) is 104 cm³/mol. The summed E-state index contributed by atoms with van der Waals surface area (Å²) in [6.45, 7) is 1.61. The molecule has 10 heteroatoms. The summed E-state index contributed by atoms with van der Waals surface area (Å²) in [4.78, 5) is 16.8. The number of methoxy groups -OCH3 is 1. The molecular weight excluding hydrogens is 454 g/mol. The molecule has 1 aliphatic rings. The highest BCUT2D eigenvalue weighted by Crippen LogP contribution is 2.48. The summed E-state index contributed by atoms with van der Waals surface area (Å²) in [6.07, 6.45) is -3.99. The summed E-state index contributed by atoms with van der Waals surface area (Å²) < 4.78 is 46.8. The molecule has 1 atom stereocenters. The second-order valence-electron chi connectivity index (χ2n) is 6.29. The van der Waals surface area contributed by atoms with E-state index in [-0.39, 0.29) is 37.5 Å². The van der Waals surface area contributed by atoms with Crippen molar-refractivity contribution in [3.63, 3.8) is 0 Å². The molecule has 154 valence electrons. The van der Waals surface area contributed by atoms with Gasteiger partial charge in [0.2, 0.25) is 5.60 Å². The van der Waals surface area contributed by atoms with Crippen molar-refractivity contribution in [1.82, 2.24) is 5.48 Å². The van der Waals surface area contributed by atoms with E-state index in [2.05, 4.69) is 10.2 Å². The first-order valence-corrected chi connectivity index (χ1v) is 9.21. The number of nitrogens with one attached hydrogen (secondary N) is 1. The van der Waals surface area contributed by atoms with Crippen molar-refractivity contribution >= 4 is 46.5 Å². The molecule has 2 aromatic carbocycles. The van der Waals surface area contributed by atoms with Crippen LogP contribution in [0.25, 0.3) is 5.70 Å². The molecule has 0 aliphatic carbocycles. The average molecular weight is 467 g/mol. The molecule has 4 nitrogen and oxygen atoms in total. The molecule has 3 rings (SSSR count). The molecule has 0 amide bonds. The lowest BCUT2D eigenvalue weighted by molar-refractivity contribution is -0.269. The molecule has 0 bridgehead atoms. The van der Waals surface area contributed by atoms with E-state index < -0.39 is 17.7 Å². The van der Waals surface area contributed by atoms with Crippen LogP contribution in [0, 0.1) is 6.92 Å². The van der Waals surface area contributed by atoms with E-state index in [1.54, 1.807) is 6.92 Å². The normalized spacial score (nSPS) is 19.0. The number of carbonyl (C=O) groups is 1. The zero-order chi connectivity index (χ0) is 21.6. The Balaban J connectivity index is 2.15. The maximum absolute atomic E-state index is 14.1. The van der Waals surface area contributed by atoms with Crippen LogP contribution in [0.3, 0.4) is 0 Å². The van der Waals surface area contributed by atoms with E-state index in [0.717, 1.165) is 18.2 Å². The number of carbonyl (C=O) groups excluding carboxylic acids is 1. The van der Waals surface area contributed by atoms with Gasteiger partial charge >= 0.3 is 12.1 Å². The van der Waals surface area contributed by atoms with Gasteiger partial charge in [-0.3, -0.25) is 10.3 Å². The zero-order valence-electron chi connectivity index (χ0n) is 15.0. The quantitative estimate of drug-likeness (QED) is 0.557. The molecule has 0 spiro atoms. The third-order valence-electron chi connectivity index (χ3n) is 4.39. The largest absolute Gasteiger partial charge is 0.465 e. The number of ether oxygens (including phenoxy) is 1. The van der Waals surface area contributed by atoms with Crippen molar-refractivity contribution in [2.24, 2.45) is 0 Å². The summed E-state index contributed by atoms with van der Waals surface area (Å²) in [5.41, 5.74) is 0.0118. The molecule has 0 radical (unpaired) electrons. The molecule has 1 N–H and O–H groups in total. The number of aryl methyl sites for hydroxylation is 1. The molecule has 29 heavy (non-hydrogen) atoms. The van der Waals surface area contributed by atoms with Gasteiger partial charge in [-0.25, -0.2) is 4.79 Å². The van der Waals surface area contributed by atoms with Crippen LogP contribution < -0.4 is 5.48 Å². The van der Waals surface area contributed by atoms with Crippen molar-refractivity contribution in [3.8, 4) is 0 Å². The highest BCUT2D eigenvalue weighted by atomic mass is 35.5. The molecule has 0 saturated heterocycles. The van der Waals surface area contributed by atoms with Gasteiger partial charge in [0.05, 0.1) is 23.4 Å². The maximum atomic E-state index is 14.1. The molecule has 0 saturated carbocycles. The molecular formula is C19H13Cl3F3NO3.